The smallest absolute Gasteiger partial charge is 0.308 e. The van der Waals surface area contributed by atoms with Gasteiger partial charge in [-0.15, -0.1) is 11.3 Å². The molecule has 7 heteroatoms. The highest BCUT2D eigenvalue weighted by atomic mass is 32.1. The normalized spacial score (nSPS) is 23.3. The standard InChI is InChI=1S/C15H22N2O4S/c1-4-21-10(3)13-16-6-12(22-13)14(18)17-7-9(2)5-11(8-17)15(19)20/h6,9-11H,4-5,7-8H2,1-3H3,(H,19,20). The van der Waals surface area contributed by atoms with Crippen molar-refractivity contribution in [1.29, 1.82) is 0 Å². The van der Waals surface area contributed by atoms with Gasteiger partial charge in [-0.2, -0.15) is 0 Å². The van der Waals surface area contributed by atoms with Gasteiger partial charge in [-0.05, 0) is 26.2 Å². The summed E-state index contributed by atoms with van der Waals surface area (Å²) < 4.78 is 5.48. The lowest BCUT2D eigenvalue weighted by Crippen LogP contribution is -2.45. The highest BCUT2D eigenvalue weighted by Gasteiger charge is 2.33. The van der Waals surface area contributed by atoms with E-state index in [0.29, 0.717) is 24.4 Å². The molecule has 2 rings (SSSR count). The molecular formula is C15H22N2O4S. The molecular weight excluding hydrogens is 304 g/mol. The molecule has 22 heavy (non-hydrogen) atoms. The molecule has 1 aliphatic rings. The third kappa shape index (κ3) is 3.84. The van der Waals surface area contributed by atoms with E-state index < -0.39 is 11.9 Å². The van der Waals surface area contributed by atoms with Gasteiger partial charge < -0.3 is 14.7 Å². The van der Waals surface area contributed by atoms with Gasteiger partial charge in [0.2, 0.25) is 0 Å². The molecule has 0 aromatic carbocycles. The van der Waals surface area contributed by atoms with Crippen LogP contribution in [-0.4, -0.2) is 46.6 Å². The van der Waals surface area contributed by atoms with E-state index in [1.165, 1.54) is 11.3 Å². The third-order valence-electron chi connectivity index (χ3n) is 3.79. The zero-order chi connectivity index (χ0) is 16.3. The largest absolute Gasteiger partial charge is 0.481 e. The van der Waals surface area contributed by atoms with Gasteiger partial charge in [0, 0.05) is 19.7 Å². The minimum Gasteiger partial charge on any atom is -0.481 e. The molecule has 1 aromatic rings. The lowest BCUT2D eigenvalue weighted by atomic mass is 9.90. The highest BCUT2D eigenvalue weighted by Crippen LogP contribution is 2.27. The minimum atomic E-state index is -0.834. The Kier molecular flexibility index (Phi) is 5.52. The van der Waals surface area contributed by atoms with Crippen molar-refractivity contribution in [3.63, 3.8) is 0 Å². The van der Waals surface area contributed by atoms with Crippen molar-refractivity contribution in [2.24, 2.45) is 11.8 Å². The molecule has 2 heterocycles. The Balaban J connectivity index is 2.09. The van der Waals surface area contributed by atoms with Crippen LogP contribution in [0.5, 0.6) is 0 Å². The fourth-order valence-electron chi connectivity index (χ4n) is 2.75. The van der Waals surface area contributed by atoms with Gasteiger partial charge in [0.15, 0.2) is 0 Å². The molecule has 1 aliphatic heterocycles. The molecule has 3 unspecified atom stereocenters. The average molecular weight is 326 g/mol. The summed E-state index contributed by atoms with van der Waals surface area (Å²) in [5, 5.41) is 9.97. The van der Waals surface area contributed by atoms with Crippen LogP contribution >= 0.6 is 11.3 Å². The van der Waals surface area contributed by atoms with Crippen LogP contribution in [0.1, 0.15) is 48.0 Å². The topological polar surface area (TPSA) is 79.7 Å². The van der Waals surface area contributed by atoms with Gasteiger partial charge in [-0.25, -0.2) is 4.98 Å². The monoisotopic (exact) mass is 326 g/mol. The fraction of sp³-hybridized carbons (Fsp3) is 0.667. The quantitative estimate of drug-likeness (QED) is 0.899. The summed E-state index contributed by atoms with van der Waals surface area (Å²) in [5.41, 5.74) is 0. The number of carboxylic acid groups (broad SMARTS) is 1. The Hall–Kier alpha value is -1.47. The number of aliphatic carboxylic acids is 1. The second-order valence-corrected chi connectivity index (χ2v) is 6.81. The second-order valence-electron chi connectivity index (χ2n) is 5.75. The summed E-state index contributed by atoms with van der Waals surface area (Å²) in [6, 6.07) is 0. The van der Waals surface area contributed by atoms with Crippen molar-refractivity contribution in [3.05, 3.63) is 16.1 Å². The molecule has 1 aromatic heterocycles. The Bertz CT molecular complexity index is 545. The van der Waals surface area contributed by atoms with Crippen molar-refractivity contribution in [2.75, 3.05) is 19.7 Å². The zero-order valence-electron chi connectivity index (χ0n) is 13.1. The van der Waals surface area contributed by atoms with Crippen LogP contribution in [0.3, 0.4) is 0 Å². The molecule has 0 bridgehead atoms. The van der Waals surface area contributed by atoms with Gasteiger partial charge in [-0.1, -0.05) is 6.92 Å². The first-order chi connectivity index (χ1) is 10.4. The maximum absolute atomic E-state index is 12.6. The lowest BCUT2D eigenvalue weighted by molar-refractivity contribution is -0.143. The number of hydrogen-bond donors (Lipinski definition) is 1. The van der Waals surface area contributed by atoms with Crippen molar-refractivity contribution < 1.29 is 19.4 Å². The predicted octanol–water partition coefficient (Wildman–Crippen LogP) is 2.42. The van der Waals surface area contributed by atoms with Crippen LogP contribution in [0, 0.1) is 11.8 Å². The number of thiazole rings is 1. The SMILES string of the molecule is CCOC(C)c1ncc(C(=O)N2CC(C)CC(C(=O)O)C2)s1. The number of carbonyl (C=O) groups is 2. The van der Waals surface area contributed by atoms with Crippen LogP contribution in [0.25, 0.3) is 0 Å². The van der Waals surface area contributed by atoms with E-state index in [0.717, 1.165) is 5.01 Å². The van der Waals surface area contributed by atoms with Crippen LogP contribution in [0.4, 0.5) is 0 Å². The van der Waals surface area contributed by atoms with Crippen molar-refractivity contribution in [3.8, 4) is 0 Å². The molecule has 0 spiro atoms. The van der Waals surface area contributed by atoms with Crippen LogP contribution in [-0.2, 0) is 9.53 Å². The number of amides is 1. The number of ether oxygens (including phenoxy) is 1. The number of piperidine rings is 1. The van der Waals surface area contributed by atoms with Crippen LogP contribution < -0.4 is 0 Å². The zero-order valence-corrected chi connectivity index (χ0v) is 13.9. The van der Waals surface area contributed by atoms with E-state index in [9.17, 15) is 14.7 Å². The van der Waals surface area contributed by atoms with Crippen molar-refractivity contribution in [2.45, 2.75) is 33.3 Å². The molecule has 1 amide bonds. The number of carbonyl (C=O) groups excluding carboxylic acids is 1. The average Bonchev–Trinajstić information content (AvgIpc) is 2.95. The fourth-order valence-corrected chi connectivity index (χ4v) is 3.63. The van der Waals surface area contributed by atoms with Crippen LogP contribution in [0.15, 0.2) is 6.20 Å². The lowest BCUT2D eigenvalue weighted by Gasteiger charge is -2.34. The Labute approximate surface area is 134 Å². The molecule has 1 fully saturated rings. The molecule has 1 saturated heterocycles. The minimum absolute atomic E-state index is 0.134. The van der Waals surface area contributed by atoms with Crippen molar-refractivity contribution in [1.82, 2.24) is 9.88 Å². The van der Waals surface area contributed by atoms with E-state index in [4.69, 9.17) is 4.74 Å². The summed E-state index contributed by atoms with van der Waals surface area (Å²) in [6.45, 7) is 7.25. The van der Waals surface area contributed by atoms with Gasteiger partial charge in [0.25, 0.3) is 5.91 Å². The number of likely N-dealkylation sites (tertiary alicyclic amines) is 1. The van der Waals surface area contributed by atoms with Gasteiger partial charge in [-0.3, -0.25) is 9.59 Å². The van der Waals surface area contributed by atoms with E-state index in [2.05, 4.69) is 4.98 Å². The first kappa shape index (κ1) is 16.9. The van der Waals surface area contributed by atoms with Crippen molar-refractivity contribution >= 4 is 23.2 Å². The summed E-state index contributed by atoms with van der Waals surface area (Å²) >= 11 is 1.32. The number of hydrogen-bond acceptors (Lipinski definition) is 5. The predicted molar refractivity (Wildman–Crippen MR) is 83.0 cm³/mol. The summed E-state index contributed by atoms with van der Waals surface area (Å²) in [5.74, 6) is -1.26. The van der Waals surface area contributed by atoms with E-state index in [-0.39, 0.29) is 24.5 Å². The molecule has 6 nitrogen and oxygen atoms in total. The summed E-state index contributed by atoms with van der Waals surface area (Å²) in [6.07, 6.45) is 2.05. The number of carboxylic acids is 1. The van der Waals surface area contributed by atoms with E-state index in [1.807, 2.05) is 20.8 Å². The summed E-state index contributed by atoms with van der Waals surface area (Å²) in [7, 11) is 0. The molecule has 0 aliphatic carbocycles. The number of nitrogens with zero attached hydrogens (tertiary/aromatic N) is 2. The number of rotatable bonds is 5. The maximum atomic E-state index is 12.6. The third-order valence-corrected chi connectivity index (χ3v) is 4.94. The van der Waals surface area contributed by atoms with Crippen LogP contribution in [0.2, 0.25) is 0 Å². The molecule has 0 saturated carbocycles. The highest BCUT2D eigenvalue weighted by molar-refractivity contribution is 7.13. The van der Waals surface area contributed by atoms with E-state index >= 15 is 0 Å². The maximum Gasteiger partial charge on any atom is 0.308 e. The molecule has 0 radical (unpaired) electrons. The molecule has 122 valence electrons. The number of aromatic nitrogens is 1. The first-order valence-electron chi connectivity index (χ1n) is 7.51. The Morgan fingerprint density at radius 2 is 2.27 bits per heavy atom. The molecule has 3 atom stereocenters. The second kappa shape index (κ2) is 7.19. The van der Waals surface area contributed by atoms with E-state index in [1.54, 1.807) is 11.1 Å². The van der Waals surface area contributed by atoms with Gasteiger partial charge in [0.05, 0.1) is 12.1 Å². The first-order valence-corrected chi connectivity index (χ1v) is 8.33. The van der Waals surface area contributed by atoms with Gasteiger partial charge in [0.1, 0.15) is 16.0 Å². The Morgan fingerprint density at radius 3 is 2.91 bits per heavy atom. The van der Waals surface area contributed by atoms with Gasteiger partial charge >= 0.3 is 5.97 Å². The Morgan fingerprint density at radius 1 is 1.55 bits per heavy atom. The molecule has 1 N–H and O–H groups in total. The summed E-state index contributed by atoms with van der Waals surface area (Å²) in [4.78, 5) is 30.2.